The molecule has 0 bridgehead atoms. The van der Waals surface area contributed by atoms with Crippen LogP contribution < -0.4 is 10.6 Å². The fraction of sp³-hybridized carbons (Fsp3) is 0.304. The van der Waals surface area contributed by atoms with Crippen molar-refractivity contribution in [3.63, 3.8) is 0 Å². The Morgan fingerprint density at radius 2 is 1.79 bits per heavy atom. The maximum Gasteiger partial charge on any atom is 0.191 e. The summed E-state index contributed by atoms with van der Waals surface area (Å²) in [5, 5.41) is 6.81. The molecular weight excluding hydrogens is 346 g/mol. The Labute approximate surface area is 167 Å². The summed E-state index contributed by atoms with van der Waals surface area (Å²) < 4.78 is 2.19. The molecule has 146 valence electrons. The van der Waals surface area contributed by atoms with Crippen LogP contribution in [0.3, 0.4) is 0 Å². The van der Waals surface area contributed by atoms with Gasteiger partial charge in [0.25, 0.3) is 0 Å². The Bertz CT molecular complexity index is 855. The Kier molecular flexibility index (Phi) is 7.24. The van der Waals surface area contributed by atoms with Crippen LogP contribution >= 0.6 is 0 Å². The highest BCUT2D eigenvalue weighted by Crippen LogP contribution is 2.11. The van der Waals surface area contributed by atoms with E-state index in [0.29, 0.717) is 6.54 Å². The fourth-order valence-corrected chi connectivity index (χ4v) is 3.11. The quantitative estimate of drug-likeness (QED) is 0.465. The molecule has 0 amide bonds. The van der Waals surface area contributed by atoms with E-state index >= 15 is 0 Å². The van der Waals surface area contributed by atoms with Gasteiger partial charge in [-0.05, 0) is 25.0 Å². The van der Waals surface area contributed by atoms with Gasteiger partial charge in [0.2, 0.25) is 0 Å². The summed E-state index contributed by atoms with van der Waals surface area (Å²) in [5.41, 5.74) is 2.52. The van der Waals surface area contributed by atoms with Crippen LogP contribution in [0.2, 0.25) is 0 Å². The summed E-state index contributed by atoms with van der Waals surface area (Å²) in [6.07, 6.45) is 4.70. The lowest BCUT2D eigenvalue weighted by Gasteiger charge is -2.18. The van der Waals surface area contributed by atoms with Gasteiger partial charge < -0.3 is 15.2 Å². The summed E-state index contributed by atoms with van der Waals surface area (Å²) in [6.45, 7) is 6.58. The van der Waals surface area contributed by atoms with Gasteiger partial charge in [-0.1, -0.05) is 60.7 Å². The van der Waals surface area contributed by atoms with E-state index in [1.807, 2.05) is 24.5 Å². The largest absolute Gasteiger partial charge is 0.357 e. The van der Waals surface area contributed by atoms with Crippen molar-refractivity contribution < 1.29 is 0 Å². The molecule has 0 saturated carbocycles. The number of benzene rings is 2. The van der Waals surface area contributed by atoms with Crippen LogP contribution in [0.1, 0.15) is 36.8 Å². The number of nitrogens with zero attached hydrogens (tertiary/aromatic N) is 3. The monoisotopic (exact) mass is 375 g/mol. The maximum atomic E-state index is 4.74. The topological polar surface area (TPSA) is 54.2 Å². The molecule has 1 atom stereocenters. The highest BCUT2D eigenvalue weighted by molar-refractivity contribution is 5.80. The van der Waals surface area contributed by atoms with Crippen molar-refractivity contribution in [1.82, 2.24) is 20.2 Å². The molecule has 2 N–H and O–H groups in total. The highest BCUT2D eigenvalue weighted by Gasteiger charge is 2.08. The Balaban J connectivity index is 1.59. The molecule has 0 aliphatic heterocycles. The summed E-state index contributed by atoms with van der Waals surface area (Å²) in [4.78, 5) is 9.26. The second-order valence-electron chi connectivity index (χ2n) is 6.74. The molecule has 5 nitrogen and oxygen atoms in total. The maximum absolute atomic E-state index is 4.74. The number of nitrogens with one attached hydrogen (secondary N) is 2. The van der Waals surface area contributed by atoms with Gasteiger partial charge in [-0.3, -0.25) is 4.99 Å². The number of imidazole rings is 1. The van der Waals surface area contributed by atoms with Gasteiger partial charge in [0.15, 0.2) is 5.96 Å². The molecule has 5 heteroatoms. The molecule has 0 radical (unpaired) electrons. The SMILES string of the molecule is CCNC(=NCCc1nccn1Cc1ccccc1)NC(C)c1ccccc1. The second-order valence-corrected chi connectivity index (χ2v) is 6.74. The van der Waals surface area contributed by atoms with Gasteiger partial charge in [0.05, 0.1) is 6.04 Å². The number of aliphatic imine (C=N–C) groups is 1. The van der Waals surface area contributed by atoms with Crippen molar-refractivity contribution in [1.29, 1.82) is 0 Å². The molecule has 0 saturated heterocycles. The van der Waals surface area contributed by atoms with E-state index in [1.54, 1.807) is 0 Å². The first kappa shape index (κ1) is 19.7. The molecule has 3 aromatic rings. The molecule has 0 fully saturated rings. The van der Waals surface area contributed by atoms with Crippen molar-refractivity contribution in [3.8, 4) is 0 Å². The molecule has 0 aliphatic rings. The van der Waals surface area contributed by atoms with E-state index in [0.717, 1.165) is 31.3 Å². The zero-order valence-corrected chi connectivity index (χ0v) is 16.7. The van der Waals surface area contributed by atoms with E-state index in [4.69, 9.17) is 4.99 Å². The molecule has 0 spiro atoms. The smallest absolute Gasteiger partial charge is 0.191 e. The minimum atomic E-state index is 0.194. The number of rotatable bonds is 8. The fourth-order valence-electron chi connectivity index (χ4n) is 3.11. The molecule has 3 rings (SSSR count). The Morgan fingerprint density at radius 1 is 1.07 bits per heavy atom. The number of hydrogen-bond acceptors (Lipinski definition) is 2. The van der Waals surface area contributed by atoms with Crippen LogP contribution in [-0.4, -0.2) is 28.6 Å². The van der Waals surface area contributed by atoms with Gasteiger partial charge in [0.1, 0.15) is 5.82 Å². The lowest BCUT2D eigenvalue weighted by molar-refractivity contribution is 0.679. The average Bonchev–Trinajstić information content (AvgIpc) is 3.16. The van der Waals surface area contributed by atoms with Gasteiger partial charge >= 0.3 is 0 Å². The van der Waals surface area contributed by atoms with E-state index in [2.05, 4.69) is 82.6 Å². The molecule has 28 heavy (non-hydrogen) atoms. The van der Waals surface area contributed by atoms with Gasteiger partial charge in [-0.15, -0.1) is 0 Å². The van der Waals surface area contributed by atoms with Gasteiger partial charge in [0, 0.05) is 38.4 Å². The van der Waals surface area contributed by atoms with E-state index in [1.165, 1.54) is 11.1 Å². The molecule has 2 aromatic carbocycles. The second kappa shape index (κ2) is 10.3. The van der Waals surface area contributed by atoms with Crippen molar-refractivity contribution in [2.24, 2.45) is 4.99 Å². The summed E-state index contributed by atoms with van der Waals surface area (Å²) in [7, 11) is 0. The number of aromatic nitrogens is 2. The molecular formula is C23H29N5. The van der Waals surface area contributed by atoms with Crippen molar-refractivity contribution in [3.05, 3.63) is 90.0 Å². The van der Waals surface area contributed by atoms with Crippen molar-refractivity contribution in [2.45, 2.75) is 32.9 Å². The lowest BCUT2D eigenvalue weighted by Crippen LogP contribution is -2.38. The van der Waals surface area contributed by atoms with Gasteiger partial charge in [-0.2, -0.15) is 0 Å². The molecule has 0 aliphatic carbocycles. The average molecular weight is 376 g/mol. The normalized spacial score (nSPS) is 12.6. The zero-order chi connectivity index (χ0) is 19.6. The first-order valence-electron chi connectivity index (χ1n) is 9.90. The molecule has 1 unspecified atom stereocenters. The van der Waals surface area contributed by atoms with E-state index in [9.17, 15) is 0 Å². The van der Waals surface area contributed by atoms with Crippen LogP contribution in [0.4, 0.5) is 0 Å². The third-order valence-electron chi connectivity index (χ3n) is 4.60. The predicted octanol–water partition coefficient (Wildman–Crippen LogP) is 3.79. The van der Waals surface area contributed by atoms with Crippen LogP contribution in [-0.2, 0) is 13.0 Å². The third kappa shape index (κ3) is 5.71. The minimum Gasteiger partial charge on any atom is -0.357 e. The summed E-state index contributed by atoms with van der Waals surface area (Å²) in [6, 6.07) is 21.1. The first-order valence-corrected chi connectivity index (χ1v) is 9.90. The van der Waals surface area contributed by atoms with Crippen molar-refractivity contribution in [2.75, 3.05) is 13.1 Å². The number of hydrogen-bond donors (Lipinski definition) is 2. The third-order valence-corrected chi connectivity index (χ3v) is 4.60. The van der Waals surface area contributed by atoms with Crippen LogP contribution in [0, 0.1) is 0 Å². The van der Waals surface area contributed by atoms with Crippen LogP contribution in [0.25, 0.3) is 0 Å². The Hall–Kier alpha value is -3.08. The van der Waals surface area contributed by atoms with Crippen LogP contribution in [0.5, 0.6) is 0 Å². The lowest BCUT2D eigenvalue weighted by atomic mass is 10.1. The Morgan fingerprint density at radius 3 is 2.50 bits per heavy atom. The van der Waals surface area contributed by atoms with Crippen molar-refractivity contribution >= 4 is 5.96 Å². The summed E-state index contributed by atoms with van der Waals surface area (Å²) in [5.74, 6) is 1.89. The first-order chi connectivity index (χ1) is 13.8. The van der Waals surface area contributed by atoms with Gasteiger partial charge in [-0.25, -0.2) is 4.98 Å². The highest BCUT2D eigenvalue weighted by atomic mass is 15.2. The van der Waals surface area contributed by atoms with Crippen LogP contribution in [0.15, 0.2) is 78.0 Å². The minimum absolute atomic E-state index is 0.194. The molecule has 1 heterocycles. The van der Waals surface area contributed by atoms with E-state index in [-0.39, 0.29) is 6.04 Å². The number of guanidine groups is 1. The summed E-state index contributed by atoms with van der Waals surface area (Å²) >= 11 is 0. The standard InChI is InChI=1S/C23H29N5/c1-3-24-23(27-19(2)21-12-8-5-9-13-21)26-15-14-22-25-16-17-28(22)18-20-10-6-4-7-11-20/h4-13,16-17,19H,3,14-15,18H2,1-2H3,(H2,24,26,27). The molecule has 1 aromatic heterocycles. The predicted molar refractivity (Wildman–Crippen MR) is 115 cm³/mol. The zero-order valence-electron chi connectivity index (χ0n) is 16.7. The van der Waals surface area contributed by atoms with E-state index < -0.39 is 0 Å².